The summed E-state index contributed by atoms with van der Waals surface area (Å²) in [6.45, 7) is 3.76. The maximum Gasteiger partial charge on any atom is 0.573 e. The third-order valence-electron chi connectivity index (χ3n) is 5.67. The second-order valence-corrected chi connectivity index (χ2v) is 8.33. The molecule has 2 aromatic heterocycles. The van der Waals surface area contributed by atoms with E-state index in [0.29, 0.717) is 19.4 Å². The highest BCUT2D eigenvalue weighted by atomic mass is 19.4. The number of nitrogens with one attached hydrogen (secondary N) is 2. The van der Waals surface area contributed by atoms with E-state index in [0.717, 1.165) is 12.1 Å². The van der Waals surface area contributed by atoms with Crippen LogP contribution in [0.3, 0.4) is 0 Å². The fraction of sp³-hybridized carbons (Fsp3) is 0.348. The van der Waals surface area contributed by atoms with Gasteiger partial charge in [-0.15, -0.1) is 13.2 Å². The molecule has 1 aliphatic carbocycles. The van der Waals surface area contributed by atoms with Gasteiger partial charge in [0.15, 0.2) is 11.6 Å². The van der Waals surface area contributed by atoms with Crippen LogP contribution in [-0.4, -0.2) is 49.5 Å². The van der Waals surface area contributed by atoms with Gasteiger partial charge in [0.25, 0.3) is 11.8 Å². The lowest BCUT2D eigenvalue weighted by atomic mass is 9.95. The number of benzene rings is 1. The van der Waals surface area contributed by atoms with E-state index in [1.54, 1.807) is 13.8 Å². The fourth-order valence-electron chi connectivity index (χ4n) is 3.69. The van der Waals surface area contributed by atoms with E-state index in [4.69, 9.17) is 0 Å². The number of hydrogen-bond acceptors (Lipinski definition) is 8. The Hall–Kier alpha value is -4.54. The Bertz CT molecular complexity index is 1380. The number of nitrogens with zero attached hydrogens (tertiary/aromatic N) is 6. The maximum absolute atomic E-state index is 13.1. The molecule has 2 amide bonds. The first-order valence-corrected chi connectivity index (χ1v) is 11.2. The van der Waals surface area contributed by atoms with Crippen LogP contribution in [0.15, 0.2) is 36.9 Å². The van der Waals surface area contributed by atoms with Crippen LogP contribution in [0.5, 0.6) is 5.75 Å². The number of rotatable bonds is 8. The summed E-state index contributed by atoms with van der Waals surface area (Å²) in [5.74, 6) is -1.25. The van der Waals surface area contributed by atoms with E-state index in [1.165, 1.54) is 29.5 Å². The molecule has 37 heavy (non-hydrogen) atoms. The molecule has 14 heteroatoms. The second-order valence-electron chi connectivity index (χ2n) is 8.33. The predicted molar refractivity (Wildman–Crippen MR) is 120 cm³/mol. The van der Waals surface area contributed by atoms with Crippen molar-refractivity contribution in [1.29, 1.82) is 5.26 Å². The largest absolute Gasteiger partial charge is 0.573 e. The minimum atomic E-state index is -4.97. The molecule has 1 aliphatic rings. The summed E-state index contributed by atoms with van der Waals surface area (Å²) in [4.78, 5) is 37.4. The molecule has 0 bridgehead atoms. The van der Waals surface area contributed by atoms with Gasteiger partial charge in [-0.2, -0.15) is 15.0 Å². The Balaban J connectivity index is 1.59. The Labute approximate surface area is 208 Å². The number of aromatic nitrogens is 5. The zero-order chi connectivity index (χ0) is 26.8. The normalized spacial score (nSPS) is 14.8. The van der Waals surface area contributed by atoms with Crippen molar-refractivity contribution in [2.24, 2.45) is 0 Å². The Morgan fingerprint density at radius 3 is 2.57 bits per heavy atom. The summed E-state index contributed by atoms with van der Waals surface area (Å²) in [6.07, 6.45) is -1.62. The van der Waals surface area contributed by atoms with Crippen LogP contribution in [0.25, 0.3) is 5.82 Å². The van der Waals surface area contributed by atoms with Crippen LogP contribution in [0.4, 0.5) is 13.2 Å². The maximum atomic E-state index is 13.1. The monoisotopic (exact) mass is 514 g/mol. The summed E-state index contributed by atoms with van der Waals surface area (Å²) >= 11 is 0. The number of alkyl halides is 3. The van der Waals surface area contributed by atoms with Crippen molar-refractivity contribution in [3.8, 4) is 17.6 Å². The van der Waals surface area contributed by atoms with Crippen molar-refractivity contribution in [2.75, 3.05) is 6.54 Å². The van der Waals surface area contributed by atoms with Crippen molar-refractivity contribution < 1.29 is 27.5 Å². The topological polar surface area (TPSA) is 148 Å². The average molecular weight is 514 g/mol. The van der Waals surface area contributed by atoms with Crippen LogP contribution in [-0.2, 0) is 5.41 Å². The van der Waals surface area contributed by atoms with Crippen molar-refractivity contribution in [3.63, 3.8) is 0 Å². The van der Waals surface area contributed by atoms with Gasteiger partial charge in [0, 0.05) is 18.2 Å². The highest BCUT2D eigenvalue weighted by Gasteiger charge is 2.46. The number of halogens is 3. The number of amides is 2. The van der Waals surface area contributed by atoms with Crippen LogP contribution in [0, 0.1) is 11.3 Å². The van der Waals surface area contributed by atoms with E-state index in [2.05, 4.69) is 41.5 Å². The van der Waals surface area contributed by atoms with Crippen LogP contribution < -0.4 is 15.4 Å². The highest BCUT2D eigenvalue weighted by Crippen LogP contribution is 2.48. The van der Waals surface area contributed by atoms with E-state index in [1.807, 2.05) is 0 Å². The molecule has 2 heterocycles. The van der Waals surface area contributed by atoms with Crippen LogP contribution in [0.2, 0.25) is 0 Å². The summed E-state index contributed by atoms with van der Waals surface area (Å²) in [5, 5.41) is 18.9. The number of ether oxygens (including phenoxy) is 1. The Morgan fingerprint density at radius 2 is 1.92 bits per heavy atom. The van der Waals surface area contributed by atoms with Crippen molar-refractivity contribution in [2.45, 2.75) is 44.5 Å². The molecule has 3 aromatic rings. The van der Waals surface area contributed by atoms with Gasteiger partial charge in [0.2, 0.25) is 0 Å². The molecule has 2 N–H and O–H groups in total. The molecule has 11 nitrogen and oxygen atoms in total. The van der Waals surface area contributed by atoms with Crippen LogP contribution >= 0.6 is 0 Å². The molecular weight excluding hydrogens is 493 g/mol. The summed E-state index contributed by atoms with van der Waals surface area (Å²) in [7, 11) is 0. The number of hydrogen-bond donors (Lipinski definition) is 2. The van der Waals surface area contributed by atoms with Gasteiger partial charge in [-0.3, -0.25) is 9.59 Å². The molecule has 1 fully saturated rings. The molecular formula is C23H21F3N8O3. The van der Waals surface area contributed by atoms with Gasteiger partial charge in [0.05, 0.1) is 17.5 Å². The number of carbonyl (C=O) groups excluding carboxylic acids is 2. The molecule has 0 radical (unpaired) electrons. The lowest BCUT2D eigenvalue weighted by Gasteiger charge is -2.17. The summed E-state index contributed by atoms with van der Waals surface area (Å²) < 4.78 is 44.0. The van der Waals surface area contributed by atoms with Gasteiger partial charge in [0.1, 0.15) is 24.1 Å². The molecule has 1 aromatic carbocycles. The molecule has 0 saturated heterocycles. The van der Waals surface area contributed by atoms with Gasteiger partial charge >= 0.3 is 6.36 Å². The van der Waals surface area contributed by atoms with E-state index in [9.17, 15) is 28.0 Å². The summed E-state index contributed by atoms with van der Waals surface area (Å²) in [6, 6.07) is 6.20. The standard InChI is InChI=1S/C23H21F3N8O3/c1-3-28-21(36)17-9-18(30-11-29-17)34-19(31-12-32-34)13(2)33-20(35)14-6-15(22(10-27)4-5-22)8-16(7-14)37-23(24,25)26/h6-9,11-13H,3-5H2,1-2H3,(H,28,36)(H,33,35)/t13-/m0/s1. The molecule has 1 saturated carbocycles. The van der Waals surface area contributed by atoms with Gasteiger partial charge in [-0.1, -0.05) is 0 Å². The first-order valence-electron chi connectivity index (χ1n) is 11.2. The highest BCUT2D eigenvalue weighted by molar-refractivity contribution is 5.95. The van der Waals surface area contributed by atoms with Crippen molar-refractivity contribution in [1.82, 2.24) is 35.4 Å². The first kappa shape index (κ1) is 25.5. The predicted octanol–water partition coefficient (Wildman–Crippen LogP) is 2.75. The summed E-state index contributed by atoms with van der Waals surface area (Å²) in [5.41, 5.74) is -0.681. The minimum absolute atomic E-state index is 0.102. The minimum Gasteiger partial charge on any atom is -0.406 e. The lowest BCUT2D eigenvalue weighted by molar-refractivity contribution is -0.274. The zero-order valence-corrected chi connectivity index (χ0v) is 19.7. The smallest absolute Gasteiger partial charge is 0.406 e. The van der Waals surface area contributed by atoms with Crippen LogP contribution in [0.1, 0.15) is 65.0 Å². The van der Waals surface area contributed by atoms with Gasteiger partial charge < -0.3 is 15.4 Å². The fourth-order valence-corrected chi connectivity index (χ4v) is 3.69. The lowest BCUT2D eigenvalue weighted by Crippen LogP contribution is -2.29. The Morgan fingerprint density at radius 1 is 1.16 bits per heavy atom. The average Bonchev–Trinajstić information content (AvgIpc) is 3.50. The molecule has 0 aliphatic heterocycles. The van der Waals surface area contributed by atoms with E-state index < -0.39 is 35.4 Å². The van der Waals surface area contributed by atoms with Crippen molar-refractivity contribution in [3.05, 3.63) is 59.6 Å². The SMILES string of the molecule is CCNC(=O)c1cc(-n2ncnc2[C@H](C)NC(=O)c2cc(OC(F)(F)F)cc(C3(C#N)CC3)c2)ncn1. The molecule has 0 unspecified atom stereocenters. The zero-order valence-electron chi connectivity index (χ0n) is 19.7. The van der Waals surface area contributed by atoms with Crippen molar-refractivity contribution >= 4 is 11.8 Å². The van der Waals surface area contributed by atoms with Gasteiger partial charge in [-0.05, 0) is 50.5 Å². The molecule has 1 atom stereocenters. The number of nitriles is 1. The molecule has 4 rings (SSSR count). The van der Waals surface area contributed by atoms with E-state index >= 15 is 0 Å². The quantitative estimate of drug-likeness (QED) is 0.466. The Kier molecular flexibility index (Phi) is 6.80. The second kappa shape index (κ2) is 9.84. The first-order chi connectivity index (χ1) is 17.5. The van der Waals surface area contributed by atoms with Gasteiger partial charge in [-0.25, -0.2) is 15.0 Å². The van der Waals surface area contributed by atoms with E-state index in [-0.39, 0.29) is 28.5 Å². The number of carbonyl (C=O) groups is 2. The third kappa shape index (κ3) is 5.66. The molecule has 192 valence electrons. The third-order valence-corrected chi connectivity index (χ3v) is 5.67. The molecule has 0 spiro atoms.